The van der Waals surface area contributed by atoms with Crippen LogP contribution in [0.4, 0.5) is 10.1 Å². The summed E-state index contributed by atoms with van der Waals surface area (Å²) in [6, 6.07) is 6.53. The average Bonchev–Trinajstić information content (AvgIpc) is 3.06. The van der Waals surface area contributed by atoms with Gasteiger partial charge < -0.3 is 14.1 Å². The van der Waals surface area contributed by atoms with Crippen LogP contribution in [0.1, 0.15) is 28.6 Å². The number of nitrogens with one attached hydrogen (secondary N) is 1. The molecule has 3 rings (SSSR count). The molecule has 0 radical (unpaired) electrons. The van der Waals surface area contributed by atoms with Crippen LogP contribution >= 0.6 is 0 Å². The Morgan fingerprint density at radius 1 is 1.28 bits per heavy atom. The zero-order valence-electron chi connectivity index (χ0n) is 14.2. The number of anilines is 1. The molecule has 1 aromatic heterocycles. The third-order valence-electron chi connectivity index (χ3n) is 4.15. The first kappa shape index (κ1) is 17.2. The van der Waals surface area contributed by atoms with Gasteiger partial charge in [-0.05, 0) is 32.0 Å². The van der Waals surface area contributed by atoms with Crippen molar-refractivity contribution in [3.05, 3.63) is 53.2 Å². The highest BCUT2D eigenvalue weighted by atomic mass is 19.1. The summed E-state index contributed by atoms with van der Waals surface area (Å²) in [5, 5.41) is 4.05. The normalized spacial score (nSPS) is 15.3. The zero-order chi connectivity index (χ0) is 17.8. The summed E-state index contributed by atoms with van der Waals surface area (Å²) in [4.78, 5) is 14.0. The van der Waals surface area contributed by atoms with Crippen LogP contribution in [0.15, 0.2) is 40.0 Å². The summed E-state index contributed by atoms with van der Waals surface area (Å²) >= 11 is 0. The van der Waals surface area contributed by atoms with E-state index in [0.29, 0.717) is 54.6 Å². The van der Waals surface area contributed by atoms with E-state index in [1.165, 1.54) is 12.3 Å². The van der Waals surface area contributed by atoms with Crippen LogP contribution in [0.25, 0.3) is 0 Å². The molecule has 2 heterocycles. The van der Waals surface area contributed by atoms with Crippen molar-refractivity contribution in [2.24, 2.45) is 5.10 Å². The van der Waals surface area contributed by atoms with Crippen molar-refractivity contribution in [3.8, 4) is 0 Å². The Bertz CT molecular complexity index is 795. The first-order chi connectivity index (χ1) is 12.1. The Hall–Kier alpha value is -2.67. The van der Waals surface area contributed by atoms with E-state index in [-0.39, 0.29) is 11.7 Å². The van der Waals surface area contributed by atoms with Crippen LogP contribution in [0.3, 0.4) is 0 Å². The first-order valence-electron chi connectivity index (χ1n) is 8.07. The van der Waals surface area contributed by atoms with Gasteiger partial charge in [-0.25, -0.2) is 9.82 Å². The zero-order valence-corrected chi connectivity index (χ0v) is 14.2. The monoisotopic (exact) mass is 345 g/mol. The maximum Gasteiger partial charge on any atom is 0.274 e. The molecule has 6 nitrogen and oxygen atoms in total. The average molecular weight is 345 g/mol. The van der Waals surface area contributed by atoms with Gasteiger partial charge in [0, 0.05) is 18.7 Å². The first-order valence-corrected chi connectivity index (χ1v) is 8.07. The maximum atomic E-state index is 14.4. The largest absolute Gasteiger partial charge is 0.469 e. The van der Waals surface area contributed by atoms with Crippen molar-refractivity contribution in [2.75, 3.05) is 31.2 Å². The smallest absolute Gasteiger partial charge is 0.274 e. The number of aryl methyl sites for hydroxylation is 1. The predicted octanol–water partition coefficient (Wildman–Crippen LogP) is 2.72. The second-order valence-corrected chi connectivity index (χ2v) is 5.79. The standard InChI is InChI=1S/C18H20FN3O3/c1-12(20-21-18(23)15-5-8-25-13(15)2)14-3-4-17(16(19)11-14)22-6-9-24-10-7-22/h3-5,8,11H,6-7,9-10H2,1-2H3,(H,21,23)/b20-12-. The molecule has 0 bridgehead atoms. The van der Waals surface area contributed by atoms with Gasteiger partial charge in [0.15, 0.2) is 0 Å². The van der Waals surface area contributed by atoms with Gasteiger partial charge in [0.1, 0.15) is 11.6 Å². The molecule has 1 N–H and O–H groups in total. The molecule has 1 amide bonds. The maximum absolute atomic E-state index is 14.4. The van der Waals surface area contributed by atoms with Gasteiger partial charge in [0.25, 0.3) is 5.91 Å². The third kappa shape index (κ3) is 3.88. The van der Waals surface area contributed by atoms with Gasteiger partial charge in [-0.2, -0.15) is 5.10 Å². The van der Waals surface area contributed by atoms with E-state index >= 15 is 0 Å². The topological polar surface area (TPSA) is 67.1 Å². The minimum atomic E-state index is -0.365. The minimum absolute atomic E-state index is 0.314. The number of morpholine rings is 1. The van der Waals surface area contributed by atoms with E-state index in [9.17, 15) is 9.18 Å². The molecule has 1 aliphatic rings. The summed E-state index contributed by atoms with van der Waals surface area (Å²) < 4.78 is 24.8. The lowest BCUT2D eigenvalue weighted by Gasteiger charge is -2.29. The van der Waals surface area contributed by atoms with Crippen LogP contribution in [0, 0.1) is 12.7 Å². The number of carbonyl (C=O) groups excluding carboxylic acids is 1. The van der Waals surface area contributed by atoms with Crippen LogP contribution in [0.5, 0.6) is 0 Å². The van der Waals surface area contributed by atoms with E-state index in [0.717, 1.165) is 0 Å². The molecule has 0 saturated carbocycles. The molecule has 1 aliphatic heterocycles. The highest BCUT2D eigenvalue weighted by Crippen LogP contribution is 2.22. The second-order valence-electron chi connectivity index (χ2n) is 5.79. The molecule has 1 aromatic carbocycles. The number of hydrogen-bond acceptors (Lipinski definition) is 5. The summed E-state index contributed by atoms with van der Waals surface area (Å²) in [7, 11) is 0. The van der Waals surface area contributed by atoms with Crippen LogP contribution in [-0.4, -0.2) is 37.9 Å². The SMILES string of the molecule is C/C(=N/NC(=O)c1ccoc1C)c1ccc(N2CCOCC2)c(F)c1. The molecular weight excluding hydrogens is 325 g/mol. The van der Waals surface area contributed by atoms with Gasteiger partial charge in [-0.1, -0.05) is 6.07 Å². The number of rotatable bonds is 4. The summed E-state index contributed by atoms with van der Waals surface area (Å²) in [5.74, 6) is -0.159. The fraction of sp³-hybridized carbons (Fsp3) is 0.333. The van der Waals surface area contributed by atoms with Crippen molar-refractivity contribution < 1.29 is 18.3 Å². The number of halogens is 1. The lowest BCUT2D eigenvalue weighted by molar-refractivity contribution is 0.0953. The van der Waals surface area contributed by atoms with Crippen molar-refractivity contribution in [2.45, 2.75) is 13.8 Å². The summed E-state index contributed by atoms with van der Waals surface area (Å²) in [6.45, 7) is 5.95. The fourth-order valence-electron chi connectivity index (χ4n) is 2.67. The quantitative estimate of drug-likeness (QED) is 0.683. The fourth-order valence-corrected chi connectivity index (χ4v) is 2.67. The number of furan rings is 1. The Kier molecular flexibility index (Phi) is 5.14. The highest BCUT2D eigenvalue weighted by Gasteiger charge is 2.16. The minimum Gasteiger partial charge on any atom is -0.469 e. The number of nitrogens with zero attached hydrogens (tertiary/aromatic N) is 2. The summed E-state index contributed by atoms with van der Waals surface area (Å²) in [5.41, 5.74) is 4.56. The van der Waals surface area contributed by atoms with Gasteiger partial charge in [0.2, 0.25) is 0 Å². The Labute approximate surface area is 145 Å². The molecule has 0 atom stereocenters. The lowest BCUT2D eigenvalue weighted by atomic mass is 10.1. The molecule has 0 spiro atoms. The number of carbonyl (C=O) groups is 1. The van der Waals surface area contributed by atoms with Crippen molar-refractivity contribution in [1.82, 2.24) is 5.43 Å². The molecule has 1 saturated heterocycles. The van der Waals surface area contributed by atoms with E-state index < -0.39 is 0 Å². The molecular formula is C18H20FN3O3. The Morgan fingerprint density at radius 3 is 2.68 bits per heavy atom. The van der Waals surface area contributed by atoms with Gasteiger partial charge in [0.05, 0.1) is 36.4 Å². The molecule has 25 heavy (non-hydrogen) atoms. The number of hydrogen-bond donors (Lipinski definition) is 1. The molecule has 1 fully saturated rings. The van der Waals surface area contributed by atoms with Crippen LogP contribution < -0.4 is 10.3 Å². The number of amides is 1. The van der Waals surface area contributed by atoms with Gasteiger partial charge in [-0.3, -0.25) is 4.79 Å². The van der Waals surface area contributed by atoms with Crippen LogP contribution in [-0.2, 0) is 4.74 Å². The molecule has 7 heteroatoms. The summed E-state index contributed by atoms with van der Waals surface area (Å²) in [6.07, 6.45) is 1.44. The Morgan fingerprint density at radius 2 is 2.04 bits per heavy atom. The predicted molar refractivity (Wildman–Crippen MR) is 92.6 cm³/mol. The number of hydrazone groups is 1. The second kappa shape index (κ2) is 7.48. The molecule has 0 aliphatic carbocycles. The number of ether oxygens (including phenoxy) is 1. The van der Waals surface area contributed by atoms with E-state index in [1.807, 2.05) is 4.90 Å². The van der Waals surface area contributed by atoms with Crippen molar-refractivity contribution in [1.29, 1.82) is 0 Å². The van der Waals surface area contributed by atoms with Crippen molar-refractivity contribution in [3.63, 3.8) is 0 Å². The van der Waals surface area contributed by atoms with E-state index in [2.05, 4.69) is 10.5 Å². The van der Waals surface area contributed by atoms with Gasteiger partial charge in [-0.15, -0.1) is 0 Å². The van der Waals surface area contributed by atoms with E-state index in [4.69, 9.17) is 9.15 Å². The molecule has 2 aromatic rings. The molecule has 0 unspecified atom stereocenters. The molecule has 132 valence electrons. The number of benzene rings is 1. The van der Waals surface area contributed by atoms with Crippen LogP contribution in [0.2, 0.25) is 0 Å². The van der Waals surface area contributed by atoms with Gasteiger partial charge >= 0.3 is 0 Å². The third-order valence-corrected chi connectivity index (χ3v) is 4.15. The van der Waals surface area contributed by atoms with Crippen molar-refractivity contribution >= 4 is 17.3 Å². The Balaban J connectivity index is 1.71. The lowest BCUT2D eigenvalue weighted by Crippen LogP contribution is -2.36. The van der Waals surface area contributed by atoms with E-state index in [1.54, 1.807) is 32.0 Å². The highest BCUT2D eigenvalue weighted by molar-refractivity contribution is 6.01.